The summed E-state index contributed by atoms with van der Waals surface area (Å²) in [6.07, 6.45) is 5.06. The van der Waals surface area contributed by atoms with E-state index >= 15 is 0 Å². The van der Waals surface area contributed by atoms with Gasteiger partial charge in [0.1, 0.15) is 17.3 Å². The van der Waals surface area contributed by atoms with Gasteiger partial charge in [0.25, 0.3) is 6.33 Å². The van der Waals surface area contributed by atoms with Crippen molar-refractivity contribution in [3.8, 4) is 50.9 Å². The molecule has 0 unspecified atom stereocenters. The summed E-state index contributed by atoms with van der Waals surface area (Å²) in [6.45, 7) is 10.7. The predicted octanol–water partition coefficient (Wildman–Crippen LogP) is 14.2. The molecule has 3 heterocycles. The molecular weight excluding hydrogens is 757 g/mol. The number of aryl methyl sites for hydroxylation is 1. The van der Waals surface area contributed by atoms with Crippen LogP contribution in [-0.4, -0.2) is 14.1 Å². The van der Waals surface area contributed by atoms with Gasteiger partial charge in [-0.3, -0.25) is 13.7 Å². The first kappa shape index (κ1) is 30.7. The third kappa shape index (κ3) is 6.94. The van der Waals surface area contributed by atoms with E-state index in [9.17, 15) is 0 Å². The number of imidazole rings is 1. The number of nitrogens with zero attached hydrogens (tertiary/aromatic N) is 4. The predicted molar refractivity (Wildman–Crippen MR) is 255 cm³/mol. The molecule has 62 heavy (non-hydrogen) atoms. The van der Waals surface area contributed by atoms with Gasteiger partial charge in [0, 0.05) is 32.7 Å². The molecule has 0 N–H and O–H groups in total. The molecule has 0 radical (unpaired) electrons. The summed E-state index contributed by atoms with van der Waals surface area (Å²) >= 11 is 0. The molecule has 0 bridgehead atoms. The first-order valence-electron chi connectivity index (χ1n) is 24.8. The van der Waals surface area contributed by atoms with E-state index in [1.807, 2.05) is 77.4 Å². The van der Waals surface area contributed by atoms with Gasteiger partial charge in [-0.15, -0.1) is 0 Å². The first-order valence-corrected chi connectivity index (χ1v) is 20.8. The fourth-order valence-corrected chi connectivity index (χ4v) is 8.43. The summed E-state index contributed by atoms with van der Waals surface area (Å²) in [4.78, 5) is 4.73. The smallest absolute Gasteiger partial charge is 0.269 e. The van der Waals surface area contributed by atoms with Crippen molar-refractivity contribution in [3.05, 3.63) is 199 Å². The van der Waals surface area contributed by atoms with Gasteiger partial charge in [-0.2, -0.15) is 0 Å². The van der Waals surface area contributed by atoms with Gasteiger partial charge < -0.3 is 4.74 Å². The summed E-state index contributed by atoms with van der Waals surface area (Å²) in [5, 5.41) is 1.78. The highest BCUT2D eigenvalue weighted by Crippen LogP contribution is 2.38. The second-order valence-electron chi connectivity index (χ2n) is 17.8. The van der Waals surface area contributed by atoms with Crippen LogP contribution in [0.25, 0.3) is 72.3 Å². The quantitative estimate of drug-likeness (QED) is 0.119. The molecule has 0 aliphatic carbocycles. The van der Waals surface area contributed by atoms with Crippen LogP contribution in [-0.2, 0) is 10.8 Å². The zero-order valence-electron chi connectivity index (χ0n) is 43.6. The number of rotatable bonds is 7. The molecule has 0 spiro atoms. The Bertz CT molecular complexity index is 3700. The monoisotopic (exact) mass is 814 g/mol. The van der Waals surface area contributed by atoms with Gasteiger partial charge in [-0.1, -0.05) is 163 Å². The topological polar surface area (TPSA) is 35.9 Å². The van der Waals surface area contributed by atoms with E-state index in [-0.39, 0.29) is 33.3 Å². The van der Waals surface area contributed by atoms with Crippen molar-refractivity contribution in [2.75, 3.05) is 0 Å². The maximum absolute atomic E-state index is 8.61. The summed E-state index contributed by atoms with van der Waals surface area (Å²) in [5.74, 6) is 1.38. The van der Waals surface area contributed by atoms with Crippen molar-refractivity contribution in [3.63, 3.8) is 0 Å². The number of fused-ring (bicyclic) bond motifs is 4. The minimum Gasteiger partial charge on any atom is -0.458 e. The van der Waals surface area contributed by atoms with Crippen molar-refractivity contribution in [1.29, 1.82) is 0 Å². The fourth-order valence-electron chi connectivity index (χ4n) is 8.43. The number of hydrogen-bond donors (Lipinski definition) is 0. The molecule has 0 aliphatic heterocycles. The Labute approximate surface area is 375 Å². The molecule has 0 saturated heterocycles. The minimum atomic E-state index is -2.73. The molecule has 0 aliphatic rings. The van der Waals surface area contributed by atoms with Gasteiger partial charge in [0.2, 0.25) is 0 Å². The first-order chi connectivity index (χ1) is 33.2. The molecule has 5 heteroatoms. The lowest BCUT2D eigenvalue weighted by Crippen LogP contribution is -2.34. The van der Waals surface area contributed by atoms with Gasteiger partial charge in [-0.05, 0) is 93.5 Å². The normalized spacial score (nSPS) is 14.2. The molecule has 5 nitrogen and oxygen atoms in total. The van der Waals surface area contributed by atoms with Crippen molar-refractivity contribution >= 4 is 32.8 Å². The zero-order chi connectivity index (χ0) is 49.6. The van der Waals surface area contributed by atoms with Crippen molar-refractivity contribution < 1.29 is 20.3 Å². The van der Waals surface area contributed by atoms with Crippen LogP contribution in [0.2, 0.25) is 0 Å². The largest absolute Gasteiger partial charge is 0.458 e. The lowest BCUT2D eigenvalue weighted by molar-refractivity contribution is -0.572. The molecule has 304 valence electrons. The Morgan fingerprint density at radius 1 is 0.629 bits per heavy atom. The van der Waals surface area contributed by atoms with Crippen LogP contribution in [0, 0.1) is 13.2 Å². The third-order valence-corrected chi connectivity index (χ3v) is 11.5. The van der Waals surface area contributed by atoms with Gasteiger partial charge in [0.05, 0.1) is 40.3 Å². The van der Waals surface area contributed by atoms with E-state index in [0.29, 0.717) is 17.0 Å². The molecule has 10 rings (SSSR count). The lowest BCUT2D eigenvalue weighted by Gasteiger charge is -2.26. The number of aromatic nitrogens is 4. The molecule has 10 aromatic rings. The van der Waals surface area contributed by atoms with E-state index in [1.54, 1.807) is 0 Å². The molecule has 7 aromatic carbocycles. The number of para-hydroxylation sites is 4. The van der Waals surface area contributed by atoms with E-state index in [4.69, 9.17) is 20.7 Å². The van der Waals surface area contributed by atoms with Crippen LogP contribution in [0.5, 0.6) is 11.5 Å². The van der Waals surface area contributed by atoms with Crippen molar-refractivity contribution in [1.82, 2.24) is 14.1 Å². The van der Waals surface area contributed by atoms with Crippen LogP contribution in [0.1, 0.15) is 69.2 Å². The highest BCUT2D eigenvalue weighted by Gasteiger charge is 2.25. The maximum Gasteiger partial charge on any atom is 0.269 e. The Morgan fingerprint density at radius 2 is 1.37 bits per heavy atom. The second kappa shape index (κ2) is 15.0. The van der Waals surface area contributed by atoms with E-state index in [0.717, 1.165) is 49.8 Å². The Balaban J connectivity index is 1.08. The number of pyridine rings is 1. The molecule has 0 amide bonds. The second-order valence-corrected chi connectivity index (χ2v) is 17.8. The Morgan fingerprint density at radius 3 is 2.18 bits per heavy atom. The van der Waals surface area contributed by atoms with Crippen LogP contribution < -0.4 is 9.30 Å². The summed E-state index contributed by atoms with van der Waals surface area (Å²) in [7, 11) is 0. The maximum atomic E-state index is 8.61. The number of ether oxygens (including phenoxy) is 1. The Hall–Kier alpha value is -7.24. The van der Waals surface area contributed by atoms with Crippen LogP contribution in [0.3, 0.4) is 0 Å². The SMILES string of the molecule is [2H]c1c([2H])c([2H])c(-c2cnc(-n3c4ccccc4c4ccc(Oc5cccc(-n6[c-][n+](-c7c(-c8cccc(C(C)(C)C)c8)cccc7C(C)(C)C)c7ccccc76)c5)cc43)cc2C([2H])([2H])[2H])c([2H])c1[2H]. The van der Waals surface area contributed by atoms with E-state index in [2.05, 4.69) is 118 Å². The average Bonchev–Trinajstić information content (AvgIpc) is 3.88. The van der Waals surface area contributed by atoms with Crippen molar-refractivity contribution in [2.24, 2.45) is 0 Å². The van der Waals surface area contributed by atoms with Gasteiger partial charge in [0.15, 0.2) is 0 Å². The van der Waals surface area contributed by atoms with Crippen LogP contribution >= 0.6 is 0 Å². The summed E-state index contributed by atoms with van der Waals surface area (Å²) in [5.41, 5.74) is 9.32. The standard InChI is InChI=1S/C57H50N4O/c1-38-32-54(58-36-48(38)39-18-9-8-10-19-39)61-50-27-12-11-24-46(50)47-31-30-44(35-53(47)61)62-43-23-16-22-42(34-43)59-37-60(52-29-14-13-28-51(52)59)55-45(25-17-26-49(55)57(5,6)7)40-20-15-21-41(33-40)56(2,3)4/h8-36H,1-7H3/i1D3,8D,9D,10D,18D,19D. The van der Waals surface area contributed by atoms with Crippen molar-refractivity contribution in [2.45, 2.75) is 59.2 Å². The highest BCUT2D eigenvalue weighted by molar-refractivity contribution is 6.09. The molecule has 0 atom stereocenters. The molecule has 3 aromatic heterocycles. The number of benzene rings is 7. The van der Waals surface area contributed by atoms with Crippen LogP contribution in [0.4, 0.5) is 0 Å². The summed E-state index contributed by atoms with van der Waals surface area (Å²) in [6, 6.07) is 43.8. The van der Waals surface area contributed by atoms with E-state index < -0.39 is 37.1 Å². The third-order valence-electron chi connectivity index (χ3n) is 11.5. The summed E-state index contributed by atoms with van der Waals surface area (Å²) < 4.78 is 80.3. The van der Waals surface area contributed by atoms with Crippen LogP contribution in [0.15, 0.2) is 176 Å². The van der Waals surface area contributed by atoms with Gasteiger partial charge in [-0.25, -0.2) is 4.98 Å². The highest BCUT2D eigenvalue weighted by atomic mass is 16.5. The minimum absolute atomic E-state index is 0.0256. The Kier molecular flexibility index (Phi) is 7.45. The lowest BCUT2D eigenvalue weighted by atomic mass is 9.82. The van der Waals surface area contributed by atoms with Gasteiger partial charge >= 0.3 is 0 Å². The molecular formula is C57H50N4O. The molecule has 0 saturated carbocycles. The fraction of sp³-hybridized carbons (Fsp3) is 0.158. The zero-order valence-corrected chi connectivity index (χ0v) is 35.6. The average molecular weight is 815 g/mol. The number of hydrogen-bond acceptors (Lipinski definition) is 2. The molecule has 0 fully saturated rings. The van der Waals surface area contributed by atoms with E-state index in [1.165, 1.54) is 23.4 Å².